The van der Waals surface area contributed by atoms with Gasteiger partial charge in [0.1, 0.15) is 12.4 Å². The molecule has 1 atom stereocenters. The molecular weight excluding hydrogens is 286 g/mol. The van der Waals surface area contributed by atoms with Gasteiger partial charge in [0.25, 0.3) is 0 Å². The van der Waals surface area contributed by atoms with E-state index in [9.17, 15) is 0 Å². The van der Waals surface area contributed by atoms with Crippen LogP contribution in [0.2, 0.25) is 0 Å². The van der Waals surface area contributed by atoms with Crippen LogP contribution in [0.5, 0.6) is 5.75 Å². The average Bonchev–Trinajstić information content (AvgIpc) is 3.00. The smallest absolute Gasteiger partial charge is 0.119 e. The number of rotatable bonds is 7. The third-order valence-corrected chi connectivity index (χ3v) is 5.33. The summed E-state index contributed by atoms with van der Waals surface area (Å²) in [4.78, 5) is 7.71. The van der Waals surface area contributed by atoms with E-state index in [2.05, 4.69) is 21.7 Å². The van der Waals surface area contributed by atoms with Gasteiger partial charge in [0.2, 0.25) is 0 Å². The Morgan fingerprint density at radius 1 is 0.957 bits per heavy atom. The van der Waals surface area contributed by atoms with Crippen LogP contribution in [0.15, 0.2) is 30.3 Å². The minimum atomic E-state index is 0.789. The first-order chi connectivity index (χ1) is 11.3. The number of ether oxygens (including phenoxy) is 1. The van der Waals surface area contributed by atoms with Gasteiger partial charge in [0.05, 0.1) is 0 Å². The largest absolute Gasteiger partial charge is 0.492 e. The van der Waals surface area contributed by atoms with Crippen LogP contribution in [0.4, 0.5) is 0 Å². The number of para-hydroxylation sites is 1. The molecule has 2 aliphatic rings. The highest BCUT2D eigenvalue weighted by molar-refractivity contribution is 5.20. The van der Waals surface area contributed by atoms with Crippen molar-refractivity contribution in [1.29, 1.82) is 0 Å². The third-order valence-electron chi connectivity index (χ3n) is 5.33. The lowest BCUT2D eigenvalue weighted by atomic mass is 10.1. The molecule has 2 heterocycles. The molecule has 3 rings (SSSR count). The monoisotopic (exact) mass is 317 g/mol. The minimum absolute atomic E-state index is 0.789. The summed E-state index contributed by atoms with van der Waals surface area (Å²) in [6.07, 6.45) is 4.12. The molecule has 128 valence electrons. The van der Waals surface area contributed by atoms with E-state index >= 15 is 0 Å². The van der Waals surface area contributed by atoms with E-state index in [0.29, 0.717) is 0 Å². The van der Waals surface area contributed by atoms with Crippen LogP contribution in [0, 0.1) is 0 Å². The Bertz CT molecular complexity index is 445. The van der Waals surface area contributed by atoms with E-state index in [0.717, 1.165) is 24.9 Å². The number of benzene rings is 1. The van der Waals surface area contributed by atoms with Crippen LogP contribution in [0.25, 0.3) is 0 Å². The van der Waals surface area contributed by atoms with Crippen LogP contribution in [0.1, 0.15) is 19.3 Å². The Morgan fingerprint density at radius 3 is 2.30 bits per heavy atom. The molecule has 4 nitrogen and oxygen atoms in total. The fourth-order valence-electron chi connectivity index (χ4n) is 3.72. The van der Waals surface area contributed by atoms with Crippen LogP contribution in [-0.4, -0.2) is 80.2 Å². The van der Waals surface area contributed by atoms with Crippen molar-refractivity contribution in [3.63, 3.8) is 0 Å². The molecule has 0 bridgehead atoms. The summed E-state index contributed by atoms with van der Waals surface area (Å²) in [5.74, 6) is 0.979. The number of piperazine rings is 1. The lowest BCUT2D eigenvalue weighted by Crippen LogP contribution is -2.48. The first-order valence-electron chi connectivity index (χ1n) is 9.14. The third kappa shape index (κ3) is 5.20. The van der Waals surface area contributed by atoms with E-state index in [1.54, 1.807) is 0 Å². The first kappa shape index (κ1) is 16.7. The lowest BCUT2D eigenvalue weighted by molar-refractivity contribution is 0.110. The van der Waals surface area contributed by atoms with E-state index in [1.807, 2.05) is 30.3 Å². The molecule has 1 aromatic rings. The number of likely N-dealkylation sites (tertiary alicyclic amines) is 1. The summed E-state index contributed by atoms with van der Waals surface area (Å²) in [5.41, 5.74) is 0. The molecule has 0 N–H and O–H groups in total. The van der Waals surface area contributed by atoms with Crippen molar-refractivity contribution in [2.24, 2.45) is 0 Å². The molecule has 2 aliphatic heterocycles. The summed E-state index contributed by atoms with van der Waals surface area (Å²) < 4.78 is 5.80. The molecule has 1 unspecified atom stereocenters. The zero-order valence-corrected chi connectivity index (χ0v) is 14.5. The van der Waals surface area contributed by atoms with Gasteiger partial charge in [-0.05, 0) is 51.5 Å². The lowest BCUT2D eigenvalue weighted by Gasteiger charge is -2.35. The Balaban J connectivity index is 1.28. The molecule has 0 amide bonds. The number of nitrogens with zero attached hydrogens (tertiary/aromatic N) is 3. The topological polar surface area (TPSA) is 19.0 Å². The molecule has 0 aromatic heterocycles. The number of hydrogen-bond donors (Lipinski definition) is 0. The Labute approximate surface area is 141 Å². The Kier molecular flexibility index (Phi) is 6.31. The van der Waals surface area contributed by atoms with Crippen LogP contribution < -0.4 is 4.74 Å². The Hall–Kier alpha value is -1.10. The predicted molar refractivity (Wildman–Crippen MR) is 95.1 cm³/mol. The molecule has 2 fully saturated rings. The van der Waals surface area contributed by atoms with Crippen molar-refractivity contribution in [3.05, 3.63) is 30.3 Å². The summed E-state index contributed by atoms with van der Waals surface area (Å²) in [6, 6.07) is 10.9. The minimum Gasteiger partial charge on any atom is -0.492 e. The van der Waals surface area contributed by atoms with Gasteiger partial charge in [-0.25, -0.2) is 0 Å². The van der Waals surface area contributed by atoms with Gasteiger partial charge in [-0.3, -0.25) is 4.90 Å². The molecule has 0 saturated carbocycles. The van der Waals surface area contributed by atoms with Gasteiger partial charge in [0, 0.05) is 38.8 Å². The second-order valence-corrected chi connectivity index (χ2v) is 6.91. The zero-order chi connectivity index (χ0) is 15.9. The van der Waals surface area contributed by atoms with Crippen molar-refractivity contribution in [2.75, 3.05) is 59.5 Å². The van der Waals surface area contributed by atoms with E-state index in [1.165, 1.54) is 58.5 Å². The van der Waals surface area contributed by atoms with Crippen LogP contribution in [-0.2, 0) is 0 Å². The molecule has 2 saturated heterocycles. The van der Waals surface area contributed by atoms with E-state index < -0.39 is 0 Å². The van der Waals surface area contributed by atoms with Crippen LogP contribution in [0.3, 0.4) is 0 Å². The second kappa shape index (κ2) is 8.67. The average molecular weight is 317 g/mol. The fourth-order valence-corrected chi connectivity index (χ4v) is 3.72. The maximum atomic E-state index is 5.80. The highest BCUT2D eigenvalue weighted by Crippen LogP contribution is 2.18. The molecule has 23 heavy (non-hydrogen) atoms. The van der Waals surface area contributed by atoms with Gasteiger partial charge in [0.15, 0.2) is 0 Å². The quantitative estimate of drug-likeness (QED) is 0.767. The standard InChI is InChI=1S/C19H31N3O/c1-20-10-5-6-18(20)9-11-21-12-14-22(15-13-21)16-17-23-19-7-3-2-4-8-19/h2-4,7-8,18H,5-6,9-17H2,1H3. The molecule has 1 aromatic carbocycles. The van der Waals surface area contributed by atoms with Gasteiger partial charge in [-0.2, -0.15) is 0 Å². The van der Waals surface area contributed by atoms with Crippen molar-refractivity contribution in [3.8, 4) is 5.75 Å². The van der Waals surface area contributed by atoms with Crippen molar-refractivity contribution < 1.29 is 4.74 Å². The van der Waals surface area contributed by atoms with E-state index in [-0.39, 0.29) is 0 Å². The predicted octanol–water partition coefficient (Wildman–Crippen LogP) is 2.17. The molecule has 0 aliphatic carbocycles. The summed E-state index contributed by atoms with van der Waals surface area (Å²) in [5, 5.41) is 0. The maximum absolute atomic E-state index is 5.80. The highest BCUT2D eigenvalue weighted by atomic mass is 16.5. The highest BCUT2D eigenvalue weighted by Gasteiger charge is 2.22. The molecule has 0 spiro atoms. The van der Waals surface area contributed by atoms with Gasteiger partial charge in [-0.15, -0.1) is 0 Å². The summed E-state index contributed by atoms with van der Waals surface area (Å²) in [7, 11) is 2.28. The van der Waals surface area contributed by atoms with Gasteiger partial charge >= 0.3 is 0 Å². The zero-order valence-electron chi connectivity index (χ0n) is 14.5. The normalized spacial score (nSPS) is 24.1. The van der Waals surface area contributed by atoms with Gasteiger partial charge < -0.3 is 14.5 Å². The van der Waals surface area contributed by atoms with Gasteiger partial charge in [-0.1, -0.05) is 18.2 Å². The summed E-state index contributed by atoms with van der Waals surface area (Å²) in [6.45, 7) is 9.16. The van der Waals surface area contributed by atoms with Crippen molar-refractivity contribution in [2.45, 2.75) is 25.3 Å². The molecule has 4 heteroatoms. The number of hydrogen-bond acceptors (Lipinski definition) is 4. The second-order valence-electron chi connectivity index (χ2n) is 6.91. The molecule has 0 radical (unpaired) electrons. The SMILES string of the molecule is CN1CCCC1CCN1CCN(CCOc2ccccc2)CC1. The fraction of sp³-hybridized carbons (Fsp3) is 0.684. The maximum Gasteiger partial charge on any atom is 0.119 e. The van der Waals surface area contributed by atoms with Crippen molar-refractivity contribution >= 4 is 0 Å². The van der Waals surface area contributed by atoms with Crippen molar-refractivity contribution in [1.82, 2.24) is 14.7 Å². The van der Waals surface area contributed by atoms with E-state index in [4.69, 9.17) is 4.74 Å². The van der Waals surface area contributed by atoms with Crippen LogP contribution >= 0.6 is 0 Å². The Morgan fingerprint density at radius 2 is 1.65 bits per heavy atom. The molecular formula is C19H31N3O. The summed E-state index contributed by atoms with van der Waals surface area (Å²) >= 11 is 0. The first-order valence-corrected chi connectivity index (χ1v) is 9.14.